The summed E-state index contributed by atoms with van der Waals surface area (Å²) in [7, 11) is -0.824. The molecular formula is C18H20N4O3S. The molecule has 136 valence electrons. The summed E-state index contributed by atoms with van der Waals surface area (Å²) in [6.07, 6.45) is 3.29. The van der Waals surface area contributed by atoms with E-state index in [1.807, 2.05) is 25.1 Å². The van der Waals surface area contributed by atoms with Gasteiger partial charge in [-0.25, -0.2) is 8.42 Å². The van der Waals surface area contributed by atoms with Crippen LogP contribution in [0.2, 0.25) is 0 Å². The van der Waals surface area contributed by atoms with E-state index in [0.717, 1.165) is 9.87 Å². The summed E-state index contributed by atoms with van der Waals surface area (Å²) < 4.78 is 26.2. The minimum Gasteiger partial charge on any atom is -0.338 e. The number of carbonyl (C=O) groups excluding carboxylic acids is 1. The average Bonchev–Trinajstić information content (AvgIpc) is 2.67. The summed E-state index contributed by atoms with van der Waals surface area (Å²) in [5.41, 5.74) is 1.28. The summed E-state index contributed by atoms with van der Waals surface area (Å²) in [5.74, 6) is -0.325. The highest BCUT2D eigenvalue weighted by atomic mass is 32.2. The number of benzene rings is 1. The van der Waals surface area contributed by atoms with Crippen LogP contribution in [0, 0.1) is 11.3 Å². The van der Waals surface area contributed by atoms with Gasteiger partial charge in [0, 0.05) is 26.5 Å². The van der Waals surface area contributed by atoms with Crippen molar-refractivity contribution in [3.8, 4) is 6.07 Å². The van der Waals surface area contributed by atoms with Crippen molar-refractivity contribution in [2.24, 2.45) is 0 Å². The minimum atomic E-state index is -3.82. The van der Waals surface area contributed by atoms with E-state index in [9.17, 15) is 13.2 Å². The van der Waals surface area contributed by atoms with Crippen LogP contribution < -0.4 is 0 Å². The first kappa shape index (κ1) is 19.6. The Hall–Kier alpha value is -2.76. The van der Waals surface area contributed by atoms with Gasteiger partial charge in [-0.3, -0.25) is 9.78 Å². The van der Waals surface area contributed by atoms with Crippen LogP contribution in [0.1, 0.15) is 24.1 Å². The van der Waals surface area contributed by atoms with Crippen molar-refractivity contribution in [1.29, 1.82) is 5.26 Å². The van der Waals surface area contributed by atoms with Gasteiger partial charge in [-0.1, -0.05) is 0 Å². The number of amides is 1. The molecular weight excluding hydrogens is 352 g/mol. The molecule has 2 rings (SSSR count). The second-order valence-corrected chi connectivity index (χ2v) is 7.90. The lowest BCUT2D eigenvalue weighted by molar-refractivity contribution is -0.131. The van der Waals surface area contributed by atoms with Gasteiger partial charge < -0.3 is 4.90 Å². The van der Waals surface area contributed by atoms with E-state index in [0.29, 0.717) is 5.56 Å². The van der Waals surface area contributed by atoms with E-state index < -0.39 is 10.0 Å². The molecule has 8 heteroatoms. The number of aromatic nitrogens is 1. The first-order valence-electron chi connectivity index (χ1n) is 7.89. The predicted molar refractivity (Wildman–Crippen MR) is 96.4 cm³/mol. The van der Waals surface area contributed by atoms with Gasteiger partial charge in [-0.15, -0.1) is 0 Å². The third-order valence-corrected chi connectivity index (χ3v) is 6.03. The van der Waals surface area contributed by atoms with Gasteiger partial charge in [0.25, 0.3) is 0 Å². The Morgan fingerprint density at radius 2 is 1.73 bits per heavy atom. The highest BCUT2D eigenvalue weighted by Gasteiger charge is 2.26. The maximum atomic E-state index is 12.6. The molecule has 1 unspecified atom stereocenters. The van der Waals surface area contributed by atoms with Crippen molar-refractivity contribution < 1.29 is 13.2 Å². The van der Waals surface area contributed by atoms with Crippen molar-refractivity contribution in [3.05, 3.63) is 59.9 Å². The maximum Gasteiger partial charge on any atom is 0.243 e. The van der Waals surface area contributed by atoms with Gasteiger partial charge >= 0.3 is 0 Å². The third-order valence-electron chi connectivity index (χ3n) is 4.21. The van der Waals surface area contributed by atoms with Crippen molar-refractivity contribution >= 4 is 15.9 Å². The van der Waals surface area contributed by atoms with Crippen molar-refractivity contribution in [3.63, 3.8) is 0 Å². The van der Waals surface area contributed by atoms with Crippen LogP contribution in [-0.4, -0.2) is 49.2 Å². The van der Waals surface area contributed by atoms with Crippen LogP contribution in [0.4, 0.5) is 0 Å². The number of nitrogens with zero attached hydrogens (tertiary/aromatic N) is 4. The van der Waals surface area contributed by atoms with Crippen molar-refractivity contribution in [2.75, 3.05) is 20.6 Å². The number of hydrogen-bond donors (Lipinski definition) is 0. The fraction of sp³-hybridized carbons (Fsp3) is 0.278. The van der Waals surface area contributed by atoms with Crippen molar-refractivity contribution in [2.45, 2.75) is 17.9 Å². The van der Waals surface area contributed by atoms with Gasteiger partial charge in [0.05, 0.1) is 29.1 Å². The van der Waals surface area contributed by atoms with Crippen LogP contribution in [0.15, 0.2) is 53.7 Å². The van der Waals surface area contributed by atoms with Crippen molar-refractivity contribution in [1.82, 2.24) is 14.2 Å². The van der Waals surface area contributed by atoms with Gasteiger partial charge in [0.2, 0.25) is 15.9 Å². The molecule has 1 aromatic heterocycles. The largest absolute Gasteiger partial charge is 0.338 e. The monoisotopic (exact) mass is 372 g/mol. The number of rotatable bonds is 6. The first-order valence-corrected chi connectivity index (χ1v) is 9.33. The molecule has 0 bridgehead atoms. The summed E-state index contributed by atoms with van der Waals surface area (Å²) in [5, 5.41) is 8.80. The second-order valence-electron chi connectivity index (χ2n) is 5.86. The topological polar surface area (TPSA) is 94.4 Å². The van der Waals surface area contributed by atoms with E-state index in [1.165, 1.54) is 36.2 Å². The van der Waals surface area contributed by atoms with E-state index in [1.54, 1.807) is 19.4 Å². The van der Waals surface area contributed by atoms with Crippen LogP contribution in [-0.2, 0) is 14.8 Å². The maximum absolute atomic E-state index is 12.6. The zero-order chi connectivity index (χ0) is 19.3. The molecule has 0 spiro atoms. The Morgan fingerprint density at radius 1 is 1.15 bits per heavy atom. The molecule has 1 atom stereocenters. The SMILES string of the molecule is CC(c1ccncc1)N(C)C(=O)CN(C)S(=O)(=O)c1ccc(C#N)cc1. The average molecular weight is 372 g/mol. The smallest absolute Gasteiger partial charge is 0.243 e. The lowest BCUT2D eigenvalue weighted by Gasteiger charge is -2.27. The highest BCUT2D eigenvalue weighted by molar-refractivity contribution is 7.89. The second kappa shape index (κ2) is 8.08. The summed E-state index contributed by atoms with van der Waals surface area (Å²) in [6.45, 7) is 1.58. The molecule has 1 heterocycles. The first-order chi connectivity index (χ1) is 12.3. The number of hydrogen-bond acceptors (Lipinski definition) is 5. The highest BCUT2D eigenvalue weighted by Crippen LogP contribution is 2.19. The summed E-state index contributed by atoms with van der Waals surface area (Å²) >= 11 is 0. The minimum absolute atomic E-state index is 0.0386. The molecule has 2 aromatic rings. The Kier molecular flexibility index (Phi) is 6.08. The molecule has 0 saturated carbocycles. The number of nitriles is 1. The normalized spacial score (nSPS) is 12.4. The molecule has 1 aromatic carbocycles. The van der Waals surface area contributed by atoms with Gasteiger partial charge in [0.1, 0.15) is 0 Å². The standard InChI is InChI=1S/C18H20N4O3S/c1-14(16-8-10-20-11-9-16)22(3)18(23)13-21(2)26(24,25)17-6-4-15(12-19)5-7-17/h4-11,14H,13H2,1-3H3. The summed E-state index contributed by atoms with van der Waals surface area (Å²) in [4.78, 5) is 18.0. The van der Waals surface area contributed by atoms with Crippen LogP contribution >= 0.6 is 0 Å². The summed E-state index contributed by atoms with van der Waals surface area (Å²) in [6, 6.07) is 10.9. The number of pyridine rings is 1. The molecule has 0 aliphatic carbocycles. The van der Waals surface area contributed by atoms with Gasteiger partial charge in [-0.2, -0.15) is 9.57 Å². The van der Waals surface area contributed by atoms with E-state index >= 15 is 0 Å². The Morgan fingerprint density at radius 3 is 2.27 bits per heavy atom. The fourth-order valence-electron chi connectivity index (χ4n) is 2.35. The van der Waals surface area contributed by atoms with E-state index in [2.05, 4.69) is 4.98 Å². The zero-order valence-electron chi connectivity index (χ0n) is 14.8. The lowest BCUT2D eigenvalue weighted by Crippen LogP contribution is -2.40. The van der Waals surface area contributed by atoms with Crippen LogP contribution in [0.5, 0.6) is 0 Å². The van der Waals surface area contributed by atoms with Crippen LogP contribution in [0.25, 0.3) is 0 Å². The molecule has 26 heavy (non-hydrogen) atoms. The van der Waals surface area contributed by atoms with E-state index in [-0.39, 0.29) is 23.4 Å². The number of sulfonamides is 1. The fourth-order valence-corrected chi connectivity index (χ4v) is 3.47. The molecule has 0 radical (unpaired) electrons. The van der Waals surface area contributed by atoms with Crippen LogP contribution in [0.3, 0.4) is 0 Å². The molecule has 7 nitrogen and oxygen atoms in total. The predicted octanol–water partition coefficient (Wildman–Crippen LogP) is 1.79. The van der Waals surface area contributed by atoms with Gasteiger partial charge in [0.15, 0.2) is 0 Å². The number of likely N-dealkylation sites (N-methyl/N-ethyl adjacent to an activating group) is 2. The molecule has 0 aliphatic rings. The third kappa shape index (κ3) is 4.25. The number of carbonyl (C=O) groups is 1. The molecule has 0 aliphatic heterocycles. The zero-order valence-corrected chi connectivity index (χ0v) is 15.6. The van der Waals surface area contributed by atoms with E-state index in [4.69, 9.17) is 5.26 Å². The Labute approximate surface area is 153 Å². The molecule has 0 fully saturated rings. The lowest BCUT2D eigenvalue weighted by atomic mass is 10.1. The Balaban J connectivity index is 2.10. The Bertz CT molecular complexity index is 906. The van der Waals surface area contributed by atoms with Gasteiger partial charge in [-0.05, 0) is 48.9 Å². The molecule has 0 N–H and O–H groups in total. The quantitative estimate of drug-likeness (QED) is 0.770. The molecule has 0 saturated heterocycles. The molecule has 1 amide bonds.